The first-order valence-electron chi connectivity index (χ1n) is 6.29. The van der Waals surface area contributed by atoms with E-state index in [0.717, 1.165) is 6.07 Å². The average Bonchev–Trinajstić information content (AvgIpc) is 2.34. The Labute approximate surface area is 126 Å². The van der Waals surface area contributed by atoms with Crippen molar-refractivity contribution in [3.05, 3.63) is 34.9 Å². The molecule has 0 radical (unpaired) electrons. The molecule has 1 aromatic carbocycles. The second-order valence-corrected chi connectivity index (χ2v) is 5.44. The molecular weight excluding hydrogens is 294 g/mol. The lowest BCUT2D eigenvalue weighted by atomic mass is 9.99. The Morgan fingerprint density at radius 1 is 1.09 bits per heavy atom. The average molecular weight is 311 g/mol. The van der Waals surface area contributed by atoms with Crippen LogP contribution in [0.1, 0.15) is 53.3 Å². The highest BCUT2D eigenvalue weighted by Gasteiger charge is 2.29. The van der Waals surface area contributed by atoms with Gasteiger partial charge in [0.1, 0.15) is 0 Å². The van der Waals surface area contributed by atoms with Crippen LogP contribution in [0.15, 0.2) is 18.2 Å². The fraction of sp³-hybridized carbons (Fsp3) is 0.357. The molecule has 8 nitrogen and oxygen atoms in total. The van der Waals surface area contributed by atoms with Crippen molar-refractivity contribution in [2.24, 2.45) is 0 Å². The van der Waals surface area contributed by atoms with Crippen molar-refractivity contribution in [2.75, 3.05) is 0 Å². The summed E-state index contributed by atoms with van der Waals surface area (Å²) in [6.07, 6.45) is -2.74. The number of carboxylic acids is 2. The minimum Gasteiger partial charge on any atom is -0.478 e. The maximum Gasteiger partial charge on any atom is 0.406 e. The van der Waals surface area contributed by atoms with Crippen molar-refractivity contribution >= 4 is 18.0 Å². The summed E-state index contributed by atoms with van der Waals surface area (Å²) in [5, 5.41) is 29.3. The van der Waals surface area contributed by atoms with E-state index in [4.69, 9.17) is 14.9 Å². The van der Waals surface area contributed by atoms with E-state index in [1.165, 1.54) is 12.1 Å². The summed E-state index contributed by atoms with van der Waals surface area (Å²) in [6, 6.07) is 3.76. The van der Waals surface area contributed by atoms with Crippen LogP contribution >= 0.6 is 0 Å². The van der Waals surface area contributed by atoms with Crippen LogP contribution in [0.2, 0.25) is 0 Å². The van der Waals surface area contributed by atoms with Gasteiger partial charge in [0.05, 0.1) is 16.7 Å². The van der Waals surface area contributed by atoms with Gasteiger partial charge in [-0.1, -0.05) is 12.1 Å². The van der Waals surface area contributed by atoms with Gasteiger partial charge in [0, 0.05) is 5.56 Å². The van der Waals surface area contributed by atoms with Gasteiger partial charge in [0.15, 0.2) is 6.23 Å². The molecule has 1 unspecified atom stereocenters. The van der Waals surface area contributed by atoms with Gasteiger partial charge < -0.3 is 20.1 Å². The first-order valence-corrected chi connectivity index (χ1v) is 6.29. The molecule has 0 bridgehead atoms. The molecule has 0 aliphatic carbocycles. The number of carboxylic acid groups (broad SMARTS) is 3. The van der Waals surface area contributed by atoms with Crippen LogP contribution in [-0.2, 0) is 4.74 Å². The van der Waals surface area contributed by atoms with Crippen LogP contribution in [0.25, 0.3) is 0 Å². The molecule has 4 N–H and O–H groups in total. The van der Waals surface area contributed by atoms with E-state index < -0.39 is 41.0 Å². The number of carbonyl (C=O) groups is 3. The zero-order chi connectivity index (χ0) is 17.1. The van der Waals surface area contributed by atoms with Crippen molar-refractivity contribution < 1.29 is 34.4 Å². The van der Waals surface area contributed by atoms with Crippen LogP contribution in [0.5, 0.6) is 0 Å². The molecule has 1 aromatic rings. The van der Waals surface area contributed by atoms with Gasteiger partial charge in [0.2, 0.25) is 0 Å². The van der Waals surface area contributed by atoms with Gasteiger partial charge in [-0.2, -0.15) is 0 Å². The predicted molar refractivity (Wildman–Crippen MR) is 75.1 cm³/mol. The lowest BCUT2D eigenvalue weighted by Crippen LogP contribution is -2.35. The normalized spacial score (nSPS) is 12.5. The van der Waals surface area contributed by atoms with Crippen LogP contribution in [-0.4, -0.2) is 39.0 Å². The number of hydrogen-bond acceptors (Lipinski definition) is 4. The zero-order valence-electron chi connectivity index (χ0n) is 12.3. The molecule has 0 saturated heterocycles. The number of hydrogen-bond donors (Lipinski definition) is 4. The van der Waals surface area contributed by atoms with E-state index in [1.807, 2.05) is 0 Å². The molecule has 0 aromatic heterocycles. The van der Waals surface area contributed by atoms with Crippen LogP contribution in [0.3, 0.4) is 0 Å². The van der Waals surface area contributed by atoms with Crippen LogP contribution in [0, 0.1) is 0 Å². The topological polar surface area (TPSA) is 133 Å². The second kappa shape index (κ2) is 6.44. The molecule has 0 saturated carbocycles. The molecule has 0 spiro atoms. The summed E-state index contributed by atoms with van der Waals surface area (Å²) in [4.78, 5) is 33.5. The van der Waals surface area contributed by atoms with E-state index in [9.17, 15) is 19.5 Å². The van der Waals surface area contributed by atoms with Crippen molar-refractivity contribution in [3.8, 4) is 0 Å². The molecule has 1 amide bonds. The van der Waals surface area contributed by atoms with E-state index in [0.29, 0.717) is 0 Å². The zero-order valence-corrected chi connectivity index (χ0v) is 12.3. The van der Waals surface area contributed by atoms with E-state index in [-0.39, 0.29) is 5.56 Å². The monoisotopic (exact) mass is 311 g/mol. The Morgan fingerprint density at radius 3 is 2.09 bits per heavy atom. The number of aromatic carboxylic acids is 2. The number of rotatable bonds is 5. The SMILES string of the molecule is CC(C)(C)OC(NC(=O)O)c1cccc(C(=O)O)c1C(=O)O. The van der Waals surface area contributed by atoms with Crippen molar-refractivity contribution in [1.29, 1.82) is 0 Å². The number of ether oxygens (including phenoxy) is 1. The summed E-state index contributed by atoms with van der Waals surface area (Å²) in [5.41, 5.74) is -1.83. The molecule has 0 aliphatic heterocycles. The molecular formula is C14H17NO7. The highest BCUT2D eigenvalue weighted by molar-refractivity contribution is 6.02. The first kappa shape index (κ1) is 17.4. The lowest BCUT2D eigenvalue weighted by molar-refractivity contribution is -0.0737. The lowest BCUT2D eigenvalue weighted by Gasteiger charge is -2.28. The van der Waals surface area contributed by atoms with E-state index >= 15 is 0 Å². The smallest absolute Gasteiger partial charge is 0.406 e. The van der Waals surface area contributed by atoms with Gasteiger partial charge in [0.25, 0.3) is 0 Å². The Balaban J connectivity index is 3.46. The summed E-state index contributed by atoms with van der Waals surface area (Å²) in [6.45, 7) is 4.97. The number of amides is 1. The molecule has 1 atom stereocenters. The number of benzene rings is 1. The van der Waals surface area contributed by atoms with E-state index in [2.05, 4.69) is 5.32 Å². The third kappa shape index (κ3) is 4.45. The largest absolute Gasteiger partial charge is 0.478 e. The van der Waals surface area contributed by atoms with Gasteiger partial charge in [-0.15, -0.1) is 0 Å². The Hall–Kier alpha value is -2.61. The van der Waals surface area contributed by atoms with Gasteiger partial charge in [-0.3, -0.25) is 5.32 Å². The first-order chi connectivity index (χ1) is 10.0. The van der Waals surface area contributed by atoms with E-state index in [1.54, 1.807) is 20.8 Å². The maximum absolute atomic E-state index is 11.4. The third-order valence-corrected chi connectivity index (χ3v) is 2.55. The van der Waals surface area contributed by atoms with Gasteiger partial charge in [-0.25, -0.2) is 14.4 Å². The minimum absolute atomic E-state index is 0.0790. The Kier molecular flexibility index (Phi) is 5.10. The summed E-state index contributed by atoms with van der Waals surface area (Å²) in [7, 11) is 0. The van der Waals surface area contributed by atoms with Crippen molar-refractivity contribution in [2.45, 2.75) is 32.6 Å². The maximum atomic E-state index is 11.4. The fourth-order valence-corrected chi connectivity index (χ4v) is 1.84. The molecule has 0 fully saturated rings. The summed E-state index contributed by atoms with van der Waals surface area (Å²) < 4.78 is 5.51. The molecule has 22 heavy (non-hydrogen) atoms. The summed E-state index contributed by atoms with van der Waals surface area (Å²) >= 11 is 0. The molecule has 120 valence electrons. The fourth-order valence-electron chi connectivity index (χ4n) is 1.84. The molecule has 8 heteroatoms. The van der Waals surface area contributed by atoms with Crippen LogP contribution < -0.4 is 5.32 Å². The second-order valence-electron chi connectivity index (χ2n) is 5.44. The number of nitrogens with one attached hydrogen (secondary N) is 1. The Bertz CT molecular complexity index is 604. The standard InChI is InChI=1S/C14H17NO7/c1-14(2,3)22-10(15-13(20)21)7-5-4-6-8(11(16)17)9(7)12(18)19/h4-6,10,15H,1-3H3,(H,16,17)(H,18,19)(H,20,21). The van der Waals surface area contributed by atoms with Gasteiger partial charge in [-0.05, 0) is 26.8 Å². The van der Waals surface area contributed by atoms with Crippen molar-refractivity contribution in [1.82, 2.24) is 5.32 Å². The van der Waals surface area contributed by atoms with Gasteiger partial charge >= 0.3 is 18.0 Å². The minimum atomic E-state index is -1.48. The quantitative estimate of drug-likeness (QED) is 0.612. The molecule has 0 heterocycles. The highest BCUT2D eigenvalue weighted by atomic mass is 16.5. The molecule has 0 aliphatic rings. The predicted octanol–water partition coefficient (Wildman–Crippen LogP) is 2.16. The summed E-state index contributed by atoms with van der Waals surface area (Å²) in [5.74, 6) is -2.91. The van der Waals surface area contributed by atoms with Crippen molar-refractivity contribution in [3.63, 3.8) is 0 Å². The molecule has 1 rings (SSSR count). The Morgan fingerprint density at radius 2 is 1.68 bits per heavy atom. The third-order valence-electron chi connectivity index (χ3n) is 2.55. The van der Waals surface area contributed by atoms with Crippen LogP contribution in [0.4, 0.5) is 4.79 Å². The highest BCUT2D eigenvalue weighted by Crippen LogP contribution is 2.27.